The molecule has 1 aromatic carbocycles. The minimum atomic E-state index is -0.241. The van der Waals surface area contributed by atoms with Gasteiger partial charge in [0.25, 0.3) is 5.89 Å². The first-order chi connectivity index (χ1) is 12.2. The first kappa shape index (κ1) is 16.3. The Balaban J connectivity index is 1.34. The number of fused-ring (bicyclic) bond motifs is 2. The summed E-state index contributed by atoms with van der Waals surface area (Å²) in [5.74, 6) is 1.31. The van der Waals surface area contributed by atoms with E-state index < -0.39 is 0 Å². The topological polar surface area (TPSA) is 80.1 Å². The Morgan fingerprint density at radius 3 is 2.88 bits per heavy atom. The normalized spacial score (nSPS) is 27.6. The number of hydrogen-bond acceptors (Lipinski definition) is 5. The smallest absolute Gasteiger partial charge is 0.257 e. The number of aromatic nitrogens is 2. The molecule has 6 nitrogen and oxygen atoms in total. The van der Waals surface area contributed by atoms with Crippen LogP contribution in [0.5, 0.6) is 0 Å². The number of benzene rings is 1. The lowest BCUT2D eigenvalue weighted by Gasteiger charge is -2.34. The fraction of sp³-hybridized carbons (Fsp3) is 0.526. The van der Waals surface area contributed by atoms with Crippen molar-refractivity contribution in [1.82, 2.24) is 20.8 Å². The third kappa shape index (κ3) is 2.95. The van der Waals surface area contributed by atoms with Crippen LogP contribution in [0.25, 0.3) is 11.5 Å². The van der Waals surface area contributed by atoms with E-state index in [2.05, 4.69) is 27.7 Å². The molecule has 0 aliphatic carbocycles. The lowest BCUT2D eigenvalue weighted by molar-refractivity contribution is -0.132. The molecule has 2 aliphatic heterocycles. The molecule has 4 rings (SSSR count). The zero-order valence-electron chi connectivity index (χ0n) is 14.5. The van der Waals surface area contributed by atoms with E-state index in [-0.39, 0.29) is 11.3 Å². The third-order valence-electron chi connectivity index (χ3n) is 5.72. The van der Waals surface area contributed by atoms with Gasteiger partial charge in [0.05, 0.1) is 5.41 Å². The molecule has 0 spiro atoms. The molecule has 1 amide bonds. The van der Waals surface area contributed by atoms with Gasteiger partial charge in [0.2, 0.25) is 5.91 Å². The van der Waals surface area contributed by atoms with Crippen LogP contribution in [-0.4, -0.2) is 34.7 Å². The number of carbonyl (C=O) groups is 1. The lowest BCUT2D eigenvalue weighted by Crippen LogP contribution is -2.48. The number of amides is 1. The standard InChI is InChI=1S/C19H24N4O2/c1-2-19(12-14-8-9-15(19)21-14)18(24)20-11-10-16-22-17(25-23-16)13-6-4-3-5-7-13/h3-7,14-15,21H,2,8-12H2,1H3,(H,20,24)/t14-,15+,19+/m0/s1. The van der Waals surface area contributed by atoms with Crippen LogP contribution >= 0.6 is 0 Å². The molecule has 2 aliphatic rings. The Morgan fingerprint density at radius 1 is 1.36 bits per heavy atom. The van der Waals surface area contributed by atoms with Crippen molar-refractivity contribution in [3.8, 4) is 11.5 Å². The van der Waals surface area contributed by atoms with Gasteiger partial charge in [0, 0.05) is 30.6 Å². The molecule has 0 radical (unpaired) electrons. The lowest BCUT2D eigenvalue weighted by atomic mass is 9.71. The van der Waals surface area contributed by atoms with E-state index in [1.807, 2.05) is 30.3 Å². The average molecular weight is 340 g/mol. The Morgan fingerprint density at radius 2 is 2.20 bits per heavy atom. The summed E-state index contributed by atoms with van der Waals surface area (Å²) >= 11 is 0. The largest absolute Gasteiger partial charge is 0.355 e. The molecule has 2 fully saturated rings. The second kappa shape index (κ2) is 6.59. The molecule has 1 aromatic heterocycles. The third-order valence-corrected chi connectivity index (χ3v) is 5.72. The molecule has 0 saturated carbocycles. The van der Waals surface area contributed by atoms with Crippen molar-refractivity contribution in [2.45, 2.75) is 51.1 Å². The van der Waals surface area contributed by atoms with E-state index in [1.165, 1.54) is 6.42 Å². The molecule has 3 atom stereocenters. The van der Waals surface area contributed by atoms with Gasteiger partial charge in [0.15, 0.2) is 5.82 Å². The molecule has 0 unspecified atom stereocenters. The first-order valence-corrected chi connectivity index (χ1v) is 9.13. The van der Waals surface area contributed by atoms with Gasteiger partial charge < -0.3 is 15.2 Å². The number of hydrogen-bond donors (Lipinski definition) is 2. The van der Waals surface area contributed by atoms with E-state index in [1.54, 1.807) is 0 Å². The number of nitrogens with one attached hydrogen (secondary N) is 2. The van der Waals surface area contributed by atoms with Crippen molar-refractivity contribution in [3.63, 3.8) is 0 Å². The molecule has 3 heterocycles. The number of carbonyl (C=O) groups excluding carboxylic acids is 1. The predicted octanol–water partition coefficient (Wildman–Crippen LogP) is 2.32. The Bertz CT molecular complexity index is 745. The van der Waals surface area contributed by atoms with Gasteiger partial charge in [0.1, 0.15) is 0 Å². The van der Waals surface area contributed by atoms with Crippen molar-refractivity contribution in [2.75, 3.05) is 6.54 Å². The van der Waals surface area contributed by atoms with Crippen LogP contribution in [0.3, 0.4) is 0 Å². The van der Waals surface area contributed by atoms with Crippen molar-refractivity contribution in [2.24, 2.45) is 5.41 Å². The van der Waals surface area contributed by atoms with Crippen LogP contribution in [0.4, 0.5) is 0 Å². The fourth-order valence-corrected chi connectivity index (χ4v) is 4.32. The summed E-state index contributed by atoms with van der Waals surface area (Å²) < 4.78 is 5.31. The van der Waals surface area contributed by atoms with E-state index in [9.17, 15) is 4.79 Å². The summed E-state index contributed by atoms with van der Waals surface area (Å²) in [5, 5.41) is 10.7. The fourth-order valence-electron chi connectivity index (χ4n) is 4.32. The van der Waals surface area contributed by atoms with Crippen LogP contribution in [0.2, 0.25) is 0 Å². The summed E-state index contributed by atoms with van der Waals surface area (Å²) in [5.41, 5.74) is 0.665. The quantitative estimate of drug-likeness (QED) is 0.843. The van der Waals surface area contributed by atoms with E-state index >= 15 is 0 Å². The highest BCUT2D eigenvalue weighted by molar-refractivity contribution is 5.84. The van der Waals surface area contributed by atoms with E-state index in [4.69, 9.17) is 4.52 Å². The Kier molecular flexibility index (Phi) is 4.29. The Labute approximate surface area is 147 Å². The van der Waals surface area contributed by atoms with Crippen LogP contribution in [-0.2, 0) is 11.2 Å². The molecule has 25 heavy (non-hydrogen) atoms. The van der Waals surface area contributed by atoms with Gasteiger partial charge in [-0.05, 0) is 37.8 Å². The maximum Gasteiger partial charge on any atom is 0.257 e. The molecule has 6 heteroatoms. The second-order valence-corrected chi connectivity index (χ2v) is 7.10. The Hall–Kier alpha value is -2.21. The van der Waals surface area contributed by atoms with Gasteiger partial charge in [-0.25, -0.2) is 0 Å². The number of nitrogens with zero attached hydrogens (tertiary/aromatic N) is 2. The minimum Gasteiger partial charge on any atom is -0.355 e. The van der Waals surface area contributed by atoms with Gasteiger partial charge in [-0.3, -0.25) is 4.79 Å². The maximum atomic E-state index is 12.8. The van der Waals surface area contributed by atoms with Crippen molar-refractivity contribution >= 4 is 5.91 Å². The zero-order chi connectivity index (χ0) is 17.3. The van der Waals surface area contributed by atoms with Crippen molar-refractivity contribution in [1.29, 1.82) is 0 Å². The second-order valence-electron chi connectivity index (χ2n) is 7.10. The first-order valence-electron chi connectivity index (χ1n) is 9.13. The summed E-state index contributed by atoms with van der Waals surface area (Å²) in [6.45, 7) is 2.65. The SMILES string of the molecule is CC[C@@]1(C(=O)NCCc2noc(-c3ccccc3)n2)C[C@@H]2CC[C@H]1N2. The highest BCUT2D eigenvalue weighted by Gasteiger charge is 2.54. The molecule has 2 saturated heterocycles. The molecule has 2 N–H and O–H groups in total. The summed E-state index contributed by atoms with van der Waals surface area (Å²) in [4.78, 5) is 17.2. The van der Waals surface area contributed by atoms with E-state index in [0.717, 1.165) is 24.8 Å². The molecule has 2 bridgehead atoms. The average Bonchev–Trinajstić information content (AvgIpc) is 3.38. The van der Waals surface area contributed by atoms with Gasteiger partial charge >= 0.3 is 0 Å². The van der Waals surface area contributed by atoms with Crippen LogP contribution in [0.1, 0.15) is 38.4 Å². The summed E-state index contributed by atoms with van der Waals surface area (Å²) in [6.07, 6.45) is 4.72. The molecule has 132 valence electrons. The summed E-state index contributed by atoms with van der Waals surface area (Å²) in [6, 6.07) is 10.5. The van der Waals surface area contributed by atoms with Gasteiger partial charge in [-0.1, -0.05) is 30.3 Å². The molecular formula is C19H24N4O2. The zero-order valence-corrected chi connectivity index (χ0v) is 14.5. The van der Waals surface area contributed by atoms with Crippen molar-refractivity contribution in [3.05, 3.63) is 36.2 Å². The highest BCUT2D eigenvalue weighted by Crippen LogP contribution is 2.45. The predicted molar refractivity (Wildman–Crippen MR) is 93.7 cm³/mol. The van der Waals surface area contributed by atoms with Crippen LogP contribution < -0.4 is 10.6 Å². The highest BCUT2D eigenvalue weighted by atomic mass is 16.5. The van der Waals surface area contributed by atoms with Gasteiger partial charge in [-0.2, -0.15) is 4.98 Å². The van der Waals surface area contributed by atoms with Crippen molar-refractivity contribution < 1.29 is 9.32 Å². The number of rotatable bonds is 6. The van der Waals surface area contributed by atoms with Crippen LogP contribution in [0, 0.1) is 5.41 Å². The maximum absolute atomic E-state index is 12.8. The van der Waals surface area contributed by atoms with Gasteiger partial charge in [-0.15, -0.1) is 0 Å². The molecule has 2 aromatic rings. The van der Waals surface area contributed by atoms with E-state index in [0.29, 0.717) is 36.8 Å². The molecular weight excluding hydrogens is 316 g/mol. The summed E-state index contributed by atoms with van der Waals surface area (Å²) in [7, 11) is 0. The monoisotopic (exact) mass is 340 g/mol. The van der Waals surface area contributed by atoms with Crippen LogP contribution in [0.15, 0.2) is 34.9 Å². The minimum absolute atomic E-state index is 0.168.